The minimum atomic E-state index is -1.01. The third kappa shape index (κ3) is 4.96. The Morgan fingerprint density at radius 3 is 2.58 bits per heavy atom. The normalized spacial score (nSPS) is 10.7. The van der Waals surface area contributed by atoms with Crippen molar-refractivity contribution in [1.82, 2.24) is 14.8 Å². The zero-order valence-electron chi connectivity index (χ0n) is 11.4. The highest BCUT2D eigenvalue weighted by Gasteiger charge is 2.15. The molecule has 0 bridgehead atoms. The molecule has 0 aliphatic carbocycles. The molecule has 1 N–H and O–H groups in total. The van der Waals surface area contributed by atoms with E-state index < -0.39 is 5.97 Å². The van der Waals surface area contributed by atoms with Crippen LogP contribution in [0.2, 0.25) is 0 Å². The van der Waals surface area contributed by atoms with Crippen molar-refractivity contribution in [2.45, 2.75) is 19.9 Å². The number of rotatable bonds is 7. The predicted molar refractivity (Wildman–Crippen MR) is 73.3 cm³/mol. The number of likely N-dealkylation sites (N-methyl/N-ethyl adjacent to an activating group) is 1. The van der Waals surface area contributed by atoms with Gasteiger partial charge in [0, 0.05) is 26.0 Å². The second-order valence-corrected chi connectivity index (χ2v) is 5.31. The minimum absolute atomic E-state index is 0.0298. The summed E-state index contributed by atoms with van der Waals surface area (Å²) < 4.78 is 0. The number of aromatic nitrogens is 1. The van der Waals surface area contributed by atoms with Gasteiger partial charge in [-0.25, -0.2) is 9.78 Å². The first-order valence-electron chi connectivity index (χ1n) is 6.04. The van der Waals surface area contributed by atoms with E-state index in [1.54, 1.807) is 24.4 Å². The third-order valence-electron chi connectivity index (χ3n) is 2.52. The Hall–Kier alpha value is -1.47. The molecule has 0 fully saturated rings. The molecule has 106 valence electrons. The van der Waals surface area contributed by atoms with Gasteiger partial charge >= 0.3 is 5.97 Å². The van der Waals surface area contributed by atoms with Crippen LogP contribution in [0.5, 0.6) is 0 Å². The van der Waals surface area contributed by atoms with Crippen LogP contribution in [0.4, 0.5) is 0 Å². The molecule has 7 heteroatoms. The second kappa shape index (κ2) is 7.20. The highest BCUT2D eigenvalue weighted by molar-refractivity contribution is 7.11. The average Bonchev–Trinajstić information content (AvgIpc) is 2.77. The second-order valence-electron chi connectivity index (χ2n) is 4.45. The van der Waals surface area contributed by atoms with Gasteiger partial charge in [0.1, 0.15) is 0 Å². The zero-order valence-corrected chi connectivity index (χ0v) is 12.2. The summed E-state index contributed by atoms with van der Waals surface area (Å²) in [6, 6.07) is 0. The molecule has 0 radical (unpaired) electrons. The van der Waals surface area contributed by atoms with Gasteiger partial charge in [0.15, 0.2) is 0 Å². The van der Waals surface area contributed by atoms with Gasteiger partial charge in [-0.3, -0.25) is 9.69 Å². The monoisotopic (exact) mass is 285 g/mol. The van der Waals surface area contributed by atoms with Crippen LogP contribution in [0.25, 0.3) is 0 Å². The number of carbonyl (C=O) groups is 2. The Bertz CT molecular complexity index is 445. The van der Waals surface area contributed by atoms with Crippen molar-refractivity contribution in [1.29, 1.82) is 0 Å². The lowest BCUT2D eigenvalue weighted by Gasteiger charge is -2.22. The number of amides is 1. The predicted octanol–water partition coefficient (Wildman–Crippen LogP) is 1.14. The first kappa shape index (κ1) is 15.6. The average molecular weight is 285 g/mol. The summed E-state index contributed by atoms with van der Waals surface area (Å²) in [4.78, 5) is 30.0. The van der Waals surface area contributed by atoms with Gasteiger partial charge in [0.05, 0.1) is 12.2 Å². The van der Waals surface area contributed by atoms with Crippen LogP contribution in [-0.4, -0.2) is 59.0 Å². The maximum Gasteiger partial charge on any atom is 0.365 e. The fourth-order valence-corrected chi connectivity index (χ4v) is 2.22. The van der Waals surface area contributed by atoms with Gasteiger partial charge in [-0.1, -0.05) is 6.92 Å². The van der Waals surface area contributed by atoms with Crippen LogP contribution in [0.3, 0.4) is 0 Å². The molecule has 0 unspecified atom stereocenters. The number of aromatic carboxylic acids is 1. The minimum Gasteiger partial charge on any atom is -0.476 e. The lowest BCUT2D eigenvalue weighted by molar-refractivity contribution is -0.130. The summed E-state index contributed by atoms with van der Waals surface area (Å²) in [6.45, 7) is 3.63. The van der Waals surface area contributed by atoms with E-state index in [-0.39, 0.29) is 10.9 Å². The van der Waals surface area contributed by atoms with Crippen LogP contribution in [0.1, 0.15) is 28.8 Å². The highest BCUT2D eigenvalue weighted by Crippen LogP contribution is 2.12. The molecule has 0 aliphatic rings. The molecule has 6 nitrogen and oxygen atoms in total. The molecule has 1 aromatic rings. The van der Waals surface area contributed by atoms with Crippen molar-refractivity contribution >= 4 is 23.2 Å². The lowest BCUT2D eigenvalue weighted by Crippen LogP contribution is -2.36. The standard InChI is InChI=1S/C12H19N3O3S/c1-4-5-15(7-10(16)14(2)3)6-9-8-19-11(13-9)12(17)18/h8H,4-7H2,1-3H3,(H,17,18). The van der Waals surface area contributed by atoms with E-state index in [9.17, 15) is 9.59 Å². The van der Waals surface area contributed by atoms with Crippen LogP contribution in [-0.2, 0) is 11.3 Å². The van der Waals surface area contributed by atoms with E-state index in [2.05, 4.69) is 4.98 Å². The fourth-order valence-electron chi connectivity index (χ4n) is 1.57. The maximum absolute atomic E-state index is 11.7. The molecule has 0 spiro atoms. The van der Waals surface area contributed by atoms with Gasteiger partial charge in [-0.05, 0) is 13.0 Å². The van der Waals surface area contributed by atoms with E-state index in [1.165, 1.54) is 0 Å². The number of hydrogen-bond acceptors (Lipinski definition) is 5. The van der Waals surface area contributed by atoms with Gasteiger partial charge in [0.25, 0.3) is 0 Å². The van der Waals surface area contributed by atoms with Crippen molar-refractivity contribution in [3.8, 4) is 0 Å². The van der Waals surface area contributed by atoms with Crippen LogP contribution >= 0.6 is 11.3 Å². The summed E-state index contributed by atoms with van der Waals surface area (Å²) in [6.07, 6.45) is 0.927. The van der Waals surface area contributed by atoms with Crippen LogP contribution in [0.15, 0.2) is 5.38 Å². The third-order valence-corrected chi connectivity index (χ3v) is 3.40. The molecule has 0 saturated heterocycles. The molecule has 0 atom stereocenters. The Balaban J connectivity index is 2.66. The number of thiazole rings is 1. The highest BCUT2D eigenvalue weighted by atomic mass is 32.1. The maximum atomic E-state index is 11.7. The Labute approximate surface area is 116 Å². The topological polar surface area (TPSA) is 73.7 Å². The quantitative estimate of drug-likeness (QED) is 0.813. The zero-order chi connectivity index (χ0) is 14.4. The first-order chi connectivity index (χ1) is 8.93. The Morgan fingerprint density at radius 1 is 1.42 bits per heavy atom. The molecule has 1 heterocycles. The SMILES string of the molecule is CCCN(CC(=O)N(C)C)Cc1csc(C(=O)O)n1. The van der Waals surface area contributed by atoms with Gasteiger partial charge in [-0.2, -0.15) is 0 Å². The number of carbonyl (C=O) groups excluding carboxylic acids is 1. The van der Waals surface area contributed by atoms with Crippen LogP contribution in [0, 0.1) is 0 Å². The van der Waals surface area contributed by atoms with Gasteiger partial charge in [-0.15, -0.1) is 11.3 Å². The summed E-state index contributed by atoms with van der Waals surface area (Å²) >= 11 is 1.11. The molecule has 0 aromatic carbocycles. The number of carboxylic acids is 1. The van der Waals surface area contributed by atoms with E-state index >= 15 is 0 Å². The molecular formula is C12H19N3O3S. The van der Waals surface area contributed by atoms with E-state index in [0.717, 1.165) is 24.3 Å². The van der Waals surface area contributed by atoms with E-state index in [0.29, 0.717) is 18.8 Å². The largest absolute Gasteiger partial charge is 0.476 e. The molecule has 0 saturated carbocycles. The first-order valence-corrected chi connectivity index (χ1v) is 6.92. The lowest BCUT2D eigenvalue weighted by atomic mass is 10.3. The number of hydrogen-bond donors (Lipinski definition) is 1. The Morgan fingerprint density at radius 2 is 2.11 bits per heavy atom. The van der Waals surface area contributed by atoms with Gasteiger partial charge < -0.3 is 10.0 Å². The van der Waals surface area contributed by atoms with Crippen molar-refractivity contribution in [3.05, 3.63) is 16.1 Å². The molecule has 19 heavy (non-hydrogen) atoms. The van der Waals surface area contributed by atoms with Crippen molar-refractivity contribution in [3.63, 3.8) is 0 Å². The summed E-state index contributed by atoms with van der Waals surface area (Å²) in [5.41, 5.74) is 0.697. The van der Waals surface area contributed by atoms with Crippen molar-refractivity contribution < 1.29 is 14.7 Å². The molecule has 1 aromatic heterocycles. The molecule has 0 aliphatic heterocycles. The van der Waals surface area contributed by atoms with E-state index in [4.69, 9.17) is 5.11 Å². The van der Waals surface area contributed by atoms with E-state index in [1.807, 2.05) is 11.8 Å². The summed E-state index contributed by atoms with van der Waals surface area (Å²) in [5, 5.41) is 10.6. The van der Waals surface area contributed by atoms with Crippen molar-refractivity contribution in [2.75, 3.05) is 27.2 Å². The molecule has 1 rings (SSSR count). The number of carboxylic acid groups (broad SMARTS) is 1. The van der Waals surface area contributed by atoms with Crippen molar-refractivity contribution in [2.24, 2.45) is 0 Å². The van der Waals surface area contributed by atoms with Crippen LogP contribution < -0.4 is 0 Å². The summed E-state index contributed by atoms with van der Waals surface area (Å²) in [7, 11) is 3.44. The number of nitrogens with zero attached hydrogens (tertiary/aromatic N) is 3. The fraction of sp³-hybridized carbons (Fsp3) is 0.583. The Kier molecular flexibility index (Phi) is 5.91. The smallest absolute Gasteiger partial charge is 0.365 e. The summed E-state index contributed by atoms with van der Waals surface area (Å²) in [5.74, 6) is -0.982. The molecule has 1 amide bonds. The molecular weight excluding hydrogens is 266 g/mol. The van der Waals surface area contributed by atoms with Gasteiger partial charge in [0.2, 0.25) is 10.9 Å².